The van der Waals surface area contributed by atoms with Crippen LogP contribution in [0.3, 0.4) is 0 Å². The van der Waals surface area contributed by atoms with Crippen LogP contribution in [-0.2, 0) is 0 Å². The van der Waals surface area contributed by atoms with Gasteiger partial charge >= 0.3 is 0 Å². The molecule has 1 aromatic heterocycles. The number of aromatic nitrogens is 1. The van der Waals surface area contributed by atoms with Gasteiger partial charge in [-0.05, 0) is 42.5 Å². The van der Waals surface area contributed by atoms with E-state index < -0.39 is 0 Å². The average molecular weight is 388 g/mol. The van der Waals surface area contributed by atoms with Gasteiger partial charge in [0.25, 0.3) is 5.91 Å². The Morgan fingerprint density at radius 3 is 2.62 bits per heavy atom. The summed E-state index contributed by atoms with van der Waals surface area (Å²) >= 11 is 12.1. The third kappa shape index (κ3) is 4.45. The van der Waals surface area contributed by atoms with Crippen molar-refractivity contribution in [3.8, 4) is 5.75 Å². The number of methoxy groups -OCH3 is 1. The van der Waals surface area contributed by atoms with Crippen molar-refractivity contribution in [1.82, 2.24) is 4.98 Å². The van der Waals surface area contributed by atoms with Crippen molar-refractivity contribution in [3.63, 3.8) is 0 Å². The summed E-state index contributed by atoms with van der Waals surface area (Å²) < 4.78 is 5.14. The summed E-state index contributed by atoms with van der Waals surface area (Å²) in [6.45, 7) is 0. The predicted octanol–water partition coefficient (Wildman–Crippen LogP) is 5.39. The van der Waals surface area contributed by atoms with Gasteiger partial charge in [-0.1, -0.05) is 29.3 Å². The maximum absolute atomic E-state index is 12.3. The Hall–Kier alpha value is -2.76. The molecule has 0 spiro atoms. The first-order valence-electron chi connectivity index (χ1n) is 7.69. The summed E-state index contributed by atoms with van der Waals surface area (Å²) in [7, 11) is 1.57. The number of carbonyl (C=O) groups is 1. The molecule has 3 aromatic rings. The zero-order valence-electron chi connectivity index (χ0n) is 13.8. The molecule has 5 nitrogen and oxygen atoms in total. The molecule has 7 heteroatoms. The highest BCUT2D eigenvalue weighted by atomic mass is 35.5. The largest absolute Gasteiger partial charge is 0.497 e. The van der Waals surface area contributed by atoms with Gasteiger partial charge in [-0.25, -0.2) is 4.98 Å². The summed E-state index contributed by atoms with van der Waals surface area (Å²) in [5, 5.41) is 7.00. The Labute approximate surface area is 160 Å². The predicted molar refractivity (Wildman–Crippen MR) is 105 cm³/mol. The standard InChI is InChI=1S/C19H15Cl2N3O2/c1-26-15-4-2-3-13(10-15)24-19(25)17-8-6-14(11-22-17)23-18-9-12(20)5-7-16(18)21/h2-11,23H,1H3,(H,24,25). The molecule has 0 aliphatic heterocycles. The van der Waals surface area contributed by atoms with Gasteiger partial charge in [0, 0.05) is 16.8 Å². The number of nitrogens with zero attached hydrogens (tertiary/aromatic N) is 1. The summed E-state index contributed by atoms with van der Waals surface area (Å²) in [4.78, 5) is 16.5. The van der Waals surface area contributed by atoms with Crippen molar-refractivity contribution in [2.45, 2.75) is 0 Å². The van der Waals surface area contributed by atoms with E-state index in [2.05, 4.69) is 15.6 Å². The molecular formula is C19H15Cl2N3O2. The Bertz CT molecular complexity index is 930. The maximum Gasteiger partial charge on any atom is 0.274 e. The van der Waals surface area contributed by atoms with Gasteiger partial charge in [-0.15, -0.1) is 0 Å². The summed E-state index contributed by atoms with van der Waals surface area (Å²) in [6, 6.07) is 15.6. The van der Waals surface area contributed by atoms with Gasteiger partial charge in [0.05, 0.1) is 29.7 Å². The molecule has 0 radical (unpaired) electrons. The number of anilines is 3. The monoisotopic (exact) mass is 387 g/mol. The molecule has 0 atom stereocenters. The van der Waals surface area contributed by atoms with E-state index in [9.17, 15) is 4.79 Å². The number of amides is 1. The van der Waals surface area contributed by atoms with E-state index in [1.807, 2.05) is 0 Å². The number of pyridine rings is 1. The van der Waals surface area contributed by atoms with Crippen LogP contribution >= 0.6 is 23.2 Å². The smallest absolute Gasteiger partial charge is 0.274 e. The first kappa shape index (κ1) is 18.0. The second-order valence-electron chi connectivity index (χ2n) is 5.37. The molecule has 1 heterocycles. The minimum Gasteiger partial charge on any atom is -0.497 e. The Morgan fingerprint density at radius 1 is 1.04 bits per heavy atom. The molecule has 0 unspecified atom stereocenters. The van der Waals surface area contributed by atoms with E-state index in [4.69, 9.17) is 27.9 Å². The molecule has 0 aliphatic rings. The van der Waals surface area contributed by atoms with Crippen molar-refractivity contribution in [2.24, 2.45) is 0 Å². The van der Waals surface area contributed by atoms with Crippen LogP contribution in [0.2, 0.25) is 10.0 Å². The van der Waals surface area contributed by atoms with E-state index in [1.165, 1.54) is 0 Å². The number of hydrogen-bond donors (Lipinski definition) is 2. The van der Waals surface area contributed by atoms with Crippen LogP contribution in [-0.4, -0.2) is 18.0 Å². The first-order chi connectivity index (χ1) is 12.5. The molecule has 2 aromatic carbocycles. The second kappa shape index (κ2) is 8.08. The van der Waals surface area contributed by atoms with Crippen LogP contribution in [0.4, 0.5) is 17.1 Å². The summed E-state index contributed by atoms with van der Waals surface area (Å²) in [5.74, 6) is 0.347. The van der Waals surface area contributed by atoms with E-state index >= 15 is 0 Å². The number of rotatable bonds is 5. The lowest BCUT2D eigenvalue weighted by Gasteiger charge is -2.10. The van der Waals surface area contributed by atoms with E-state index in [-0.39, 0.29) is 11.6 Å². The summed E-state index contributed by atoms with van der Waals surface area (Å²) in [6.07, 6.45) is 1.55. The molecule has 132 valence electrons. The molecule has 0 saturated carbocycles. The van der Waals surface area contributed by atoms with Crippen molar-refractivity contribution in [2.75, 3.05) is 17.7 Å². The van der Waals surface area contributed by atoms with Gasteiger partial charge < -0.3 is 15.4 Å². The van der Waals surface area contributed by atoms with Gasteiger partial charge in [-0.2, -0.15) is 0 Å². The third-order valence-electron chi connectivity index (χ3n) is 3.53. The third-order valence-corrected chi connectivity index (χ3v) is 4.10. The van der Waals surface area contributed by atoms with Crippen molar-refractivity contribution in [1.29, 1.82) is 0 Å². The van der Waals surface area contributed by atoms with Crippen LogP contribution in [0.15, 0.2) is 60.8 Å². The van der Waals surface area contributed by atoms with E-state index in [1.54, 1.807) is 67.9 Å². The summed E-state index contributed by atoms with van der Waals surface area (Å²) in [5.41, 5.74) is 2.27. The lowest BCUT2D eigenvalue weighted by molar-refractivity contribution is 0.102. The number of ether oxygens (including phenoxy) is 1. The number of carbonyl (C=O) groups excluding carboxylic acids is 1. The molecule has 0 aliphatic carbocycles. The van der Waals surface area contributed by atoms with Crippen LogP contribution in [0.5, 0.6) is 5.75 Å². The lowest BCUT2D eigenvalue weighted by Crippen LogP contribution is -2.13. The van der Waals surface area contributed by atoms with Crippen LogP contribution in [0.1, 0.15) is 10.5 Å². The quantitative estimate of drug-likeness (QED) is 0.615. The molecule has 0 fully saturated rings. The Morgan fingerprint density at radius 2 is 1.88 bits per heavy atom. The lowest BCUT2D eigenvalue weighted by atomic mass is 10.2. The van der Waals surface area contributed by atoms with E-state index in [0.717, 1.165) is 0 Å². The molecule has 0 saturated heterocycles. The molecule has 1 amide bonds. The molecule has 2 N–H and O–H groups in total. The number of hydrogen-bond acceptors (Lipinski definition) is 4. The highest BCUT2D eigenvalue weighted by Crippen LogP contribution is 2.28. The number of benzene rings is 2. The fraction of sp³-hybridized carbons (Fsp3) is 0.0526. The van der Waals surface area contributed by atoms with Crippen molar-refractivity contribution >= 4 is 46.2 Å². The number of halogens is 2. The second-order valence-corrected chi connectivity index (χ2v) is 6.21. The highest BCUT2D eigenvalue weighted by molar-refractivity contribution is 6.35. The fourth-order valence-electron chi connectivity index (χ4n) is 2.25. The van der Waals surface area contributed by atoms with Crippen LogP contribution in [0.25, 0.3) is 0 Å². The zero-order valence-corrected chi connectivity index (χ0v) is 15.3. The Balaban J connectivity index is 1.70. The van der Waals surface area contributed by atoms with Gasteiger partial charge in [0.2, 0.25) is 0 Å². The van der Waals surface area contributed by atoms with E-state index in [0.29, 0.717) is 32.9 Å². The highest BCUT2D eigenvalue weighted by Gasteiger charge is 2.09. The van der Waals surface area contributed by atoms with Gasteiger partial charge in [-0.3, -0.25) is 4.79 Å². The molecule has 0 bridgehead atoms. The van der Waals surface area contributed by atoms with Gasteiger partial charge in [0.15, 0.2) is 0 Å². The minimum atomic E-state index is -0.314. The van der Waals surface area contributed by atoms with Crippen LogP contribution < -0.4 is 15.4 Å². The number of nitrogens with one attached hydrogen (secondary N) is 2. The van der Waals surface area contributed by atoms with Crippen molar-refractivity contribution in [3.05, 3.63) is 76.5 Å². The van der Waals surface area contributed by atoms with Crippen LogP contribution in [0, 0.1) is 0 Å². The fourth-order valence-corrected chi connectivity index (χ4v) is 2.58. The van der Waals surface area contributed by atoms with Crippen molar-refractivity contribution < 1.29 is 9.53 Å². The molecule has 26 heavy (non-hydrogen) atoms. The zero-order chi connectivity index (χ0) is 18.5. The first-order valence-corrected chi connectivity index (χ1v) is 8.44. The maximum atomic E-state index is 12.3. The SMILES string of the molecule is COc1cccc(NC(=O)c2ccc(Nc3cc(Cl)ccc3Cl)cn2)c1. The minimum absolute atomic E-state index is 0.288. The normalized spacial score (nSPS) is 10.3. The molecular weight excluding hydrogens is 373 g/mol. The Kier molecular flexibility index (Phi) is 5.61. The van der Waals surface area contributed by atoms with Gasteiger partial charge in [0.1, 0.15) is 11.4 Å². The molecule has 3 rings (SSSR count). The average Bonchev–Trinajstić information content (AvgIpc) is 2.65. The topological polar surface area (TPSA) is 63.2 Å².